The Balaban J connectivity index is 1.36. The molecule has 0 bridgehead atoms. The summed E-state index contributed by atoms with van der Waals surface area (Å²) in [6.45, 7) is 9.22. The van der Waals surface area contributed by atoms with Gasteiger partial charge in [-0.05, 0) is 49.1 Å². The molecule has 9 heteroatoms. The van der Waals surface area contributed by atoms with Crippen molar-refractivity contribution >= 4 is 29.2 Å². The van der Waals surface area contributed by atoms with Crippen LogP contribution in [0.1, 0.15) is 51.6 Å². The number of amides is 3. The average Bonchev–Trinajstić information content (AvgIpc) is 3.38. The molecule has 3 aliphatic heterocycles. The van der Waals surface area contributed by atoms with Gasteiger partial charge in [-0.15, -0.1) is 0 Å². The van der Waals surface area contributed by atoms with Gasteiger partial charge in [0.1, 0.15) is 5.82 Å². The highest BCUT2D eigenvalue weighted by atomic mass is 16.5. The second-order valence-corrected chi connectivity index (χ2v) is 9.90. The molecule has 1 aromatic carbocycles. The topological polar surface area (TPSA) is 86.3 Å². The molecule has 0 saturated carbocycles. The normalized spacial score (nSPS) is 18.5. The lowest BCUT2D eigenvalue weighted by Gasteiger charge is -2.36. The van der Waals surface area contributed by atoms with E-state index in [1.54, 1.807) is 28.0 Å². The maximum absolute atomic E-state index is 13.7. The van der Waals surface area contributed by atoms with Crippen molar-refractivity contribution in [1.29, 1.82) is 0 Å². The van der Waals surface area contributed by atoms with Gasteiger partial charge in [0.15, 0.2) is 0 Å². The van der Waals surface area contributed by atoms with Gasteiger partial charge in [0.05, 0.1) is 24.3 Å². The van der Waals surface area contributed by atoms with Crippen molar-refractivity contribution < 1.29 is 19.1 Å². The molecule has 3 amide bonds. The lowest BCUT2D eigenvalue weighted by Crippen LogP contribution is -2.49. The van der Waals surface area contributed by atoms with Gasteiger partial charge in [0, 0.05) is 64.1 Å². The Labute approximate surface area is 218 Å². The van der Waals surface area contributed by atoms with Crippen LogP contribution in [0.25, 0.3) is 0 Å². The number of morpholine rings is 1. The summed E-state index contributed by atoms with van der Waals surface area (Å²) in [4.78, 5) is 51.8. The van der Waals surface area contributed by atoms with E-state index >= 15 is 0 Å². The van der Waals surface area contributed by atoms with E-state index < -0.39 is 0 Å². The van der Waals surface area contributed by atoms with E-state index in [1.807, 2.05) is 11.1 Å². The molecule has 1 aromatic heterocycles. The van der Waals surface area contributed by atoms with Gasteiger partial charge in [-0.2, -0.15) is 0 Å². The monoisotopic (exact) mass is 505 g/mol. The molecular weight excluding hydrogens is 470 g/mol. The zero-order chi connectivity index (χ0) is 25.9. The maximum atomic E-state index is 13.7. The fraction of sp³-hybridized carbons (Fsp3) is 0.500. The van der Waals surface area contributed by atoms with Crippen molar-refractivity contribution in [2.75, 3.05) is 68.8 Å². The van der Waals surface area contributed by atoms with Gasteiger partial charge >= 0.3 is 0 Å². The number of aryl methyl sites for hydroxylation is 2. The Bertz CT molecular complexity index is 1190. The van der Waals surface area contributed by atoms with E-state index in [4.69, 9.17) is 4.74 Å². The average molecular weight is 506 g/mol. The molecule has 9 nitrogen and oxygen atoms in total. The van der Waals surface area contributed by atoms with Gasteiger partial charge in [0.2, 0.25) is 5.91 Å². The van der Waals surface area contributed by atoms with E-state index in [2.05, 4.69) is 29.8 Å². The fourth-order valence-electron chi connectivity index (χ4n) is 5.36. The molecule has 37 heavy (non-hydrogen) atoms. The van der Waals surface area contributed by atoms with Crippen molar-refractivity contribution in [3.63, 3.8) is 0 Å². The first-order valence-corrected chi connectivity index (χ1v) is 13.3. The number of ether oxygens (including phenoxy) is 1. The van der Waals surface area contributed by atoms with Crippen LogP contribution in [0.5, 0.6) is 0 Å². The number of aromatic nitrogens is 1. The summed E-state index contributed by atoms with van der Waals surface area (Å²) in [5.41, 5.74) is 3.79. The van der Waals surface area contributed by atoms with Crippen LogP contribution in [0.3, 0.4) is 0 Å². The Morgan fingerprint density at radius 3 is 2.27 bits per heavy atom. The van der Waals surface area contributed by atoms with Gasteiger partial charge in [-0.25, -0.2) is 4.98 Å². The minimum Gasteiger partial charge on any atom is -0.378 e. The zero-order valence-electron chi connectivity index (χ0n) is 21.7. The Kier molecular flexibility index (Phi) is 7.41. The Morgan fingerprint density at radius 1 is 0.919 bits per heavy atom. The van der Waals surface area contributed by atoms with Crippen LogP contribution >= 0.6 is 0 Å². The number of hydrogen-bond acceptors (Lipinski definition) is 6. The number of hydrogen-bond donors (Lipinski definition) is 0. The second kappa shape index (κ2) is 10.9. The molecule has 3 aliphatic rings. The lowest BCUT2D eigenvalue weighted by atomic mass is 10.0. The van der Waals surface area contributed by atoms with Crippen molar-refractivity contribution in [1.82, 2.24) is 14.8 Å². The van der Waals surface area contributed by atoms with E-state index in [-0.39, 0.29) is 17.7 Å². The van der Waals surface area contributed by atoms with Crippen molar-refractivity contribution in [2.45, 2.75) is 33.1 Å². The predicted molar refractivity (Wildman–Crippen MR) is 141 cm³/mol. The number of benzene rings is 1. The zero-order valence-corrected chi connectivity index (χ0v) is 21.7. The number of rotatable bonds is 5. The van der Waals surface area contributed by atoms with E-state index in [1.165, 1.54) is 5.56 Å². The number of piperazine rings is 1. The molecule has 0 N–H and O–H groups in total. The standard InChI is InChI=1S/C28H35N5O4/c1-3-21-17-20(2)26(29-19-21)30-9-11-31(12-10-30)27(35)23-7-6-22(33-8-4-5-25(33)34)18-24(23)28(36)32-13-15-37-16-14-32/h6-7,17-19H,3-5,8-16H2,1-2H3. The van der Waals surface area contributed by atoms with E-state index in [0.717, 1.165) is 24.2 Å². The predicted octanol–water partition coefficient (Wildman–Crippen LogP) is 2.51. The molecule has 196 valence electrons. The highest BCUT2D eigenvalue weighted by Crippen LogP contribution is 2.27. The first-order chi connectivity index (χ1) is 18.0. The van der Waals surface area contributed by atoms with Crippen LogP contribution in [-0.2, 0) is 16.0 Å². The molecule has 3 fully saturated rings. The first-order valence-electron chi connectivity index (χ1n) is 13.3. The number of anilines is 2. The summed E-state index contributed by atoms with van der Waals surface area (Å²) >= 11 is 0. The SMILES string of the molecule is CCc1cnc(N2CCN(C(=O)c3ccc(N4CCCC4=O)cc3C(=O)N3CCOCC3)CC2)c(C)c1. The summed E-state index contributed by atoms with van der Waals surface area (Å²) in [7, 11) is 0. The fourth-order valence-corrected chi connectivity index (χ4v) is 5.36. The van der Waals surface area contributed by atoms with E-state index in [0.29, 0.717) is 82.3 Å². The van der Waals surface area contributed by atoms with Crippen LogP contribution < -0.4 is 9.80 Å². The summed E-state index contributed by atoms with van der Waals surface area (Å²) < 4.78 is 5.41. The maximum Gasteiger partial charge on any atom is 0.254 e. The minimum absolute atomic E-state index is 0.0517. The van der Waals surface area contributed by atoms with Gasteiger partial charge < -0.3 is 24.3 Å². The van der Waals surface area contributed by atoms with Crippen molar-refractivity contribution in [3.05, 3.63) is 52.7 Å². The van der Waals surface area contributed by atoms with Crippen LogP contribution in [0.15, 0.2) is 30.5 Å². The summed E-state index contributed by atoms with van der Waals surface area (Å²) in [5, 5.41) is 0. The van der Waals surface area contributed by atoms with Crippen molar-refractivity contribution in [2.24, 2.45) is 0 Å². The quantitative estimate of drug-likeness (QED) is 0.621. The molecule has 0 radical (unpaired) electrons. The number of pyridine rings is 1. The third kappa shape index (κ3) is 5.18. The van der Waals surface area contributed by atoms with Crippen LogP contribution in [0, 0.1) is 6.92 Å². The second-order valence-electron chi connectivity index (χ2n) is 9.90. The molecule has 0 spiro atoms. The van der Waals surface area contributed by atoms with Gasteiger partial charge in [-0.1, -0.05) is 13.0 Å². The van der Waals surface area contributed by atoms with Crippen LogP contribution in [0.2, 0.25) is 0 Å². The molecule has 4 heterocycles. The van der Waals surface area contributed by atoms with Gasteiger partial charge in [-0.3, -0.25) is 14.4 Å². The Hall–Kier alpha value is -3.46. The van der Waals surface area contributed by atoms with Gasteiger partial charge in [0.25, 0.3) is 11.8 Å². The molecule has 5 rings (SSSR count). The van der Waals surface area contributed by atoms with Crippen LogP contribution in [0.4, 0.5) is 11.5 Å². The summed E-state index contributed by atoms with van der Waals surface area (Å²) in [6, 6.07) is 7.42. The van der Waals surface area contributed by atoms with Crippen LogP contribution in [-0.4, -0.2) is 91.5 Å². The number of carbonyl (C=O) groups is 3. The smallest absolute Gasteiger partial charge is 0.254 e. The molecule has 0 atom stereocenters. The molecule has 3 saturated heterocycles. The van der Waals surface area contributed by atoms with Crippen molar-refractivity contribution in [3.8, 4) is 0 Å². The molecule has 2 aromatic rings. The molecular formula is C28H35N5O4. The summed E-state index contributed by atoms with van der Waals surface area (Å²) in [6.07, 6.45) is 4.18. The molecule has 0 aliphatic carbocycles. The largest absolute Gasteiger partial charge is 0.378 e. The highest BCUT2D eigenvalue weighted by molar-refractivity contribution is 6.09. The Morgan fingerprint density at radius 2 is 1.62 bits per heavy atom. The third-order valence-electron chi connectivity index (χ3n) is 7.53. The lowest BCUT2D eigenvalue weighted by molar-refractivity contribution is -0.117. The number of nitrogens with zero attached hydrogens (tertiary/aromatic N) is 5. The third-order valence-corrected chi connectivity index (χ3v) is 7.53. The summed E-state index contributed by atoms with van der Waals surface area (Å²) in [5.74, 6) is 0.680. The minimum atomic E-state index is -0.186. The van der Waals surface area contributed by atoms with E-state index in [9.17, 15) is 14.4 Å². The number of carbonyl (C=O) groups excluding carboxylic acids is 3. The highest BCUT2D eigenvalue weighted by Gasteiger charge is 2.30. The molecule has 0 unspecified atom stereocenters. The first kappa shape index (κ1) is 25.2.